The van der Waals surface area contributed by atoms with E-state index in [1.165, 1.54) is 32.7 Å². The lowest BCUT2D eigenvalue weighted by atomic mass is 9.82. The van der Waals surface area contributed by atoms with E-state index < -0.39 is 10.0 Å². The summed E-state index contributed by atoms with van der Waals surface area (Å²) < 4.78 is 25.6. The van der Waals surface area contributed by atoms with Crippen LogP contribution in [0.1, 0.15) is 32.6 Å². The van der Waals surface area contributed by atoms with Crippen molar-refractivity contribution in [2.24, 2.45) is 11.8 Å². The minimum atomic E-state index is -3.34. The summed E-state index contributed by atoms with van der Waals surface area (Å²) in [5.41, 5.74) is 0.985. The Kier molecular flexibility index (Phi) is 5.05. The van der Waals surface area contributed by atoms with Gasteiger partial charge in [-0.1, -0.05) is 19.8 Å². The highest BCUT2D eigenvalue weighted by Crippen LogP contribution is 2.28. The molecule has 112 valence electrons. The summed E-state index contributed by atoms with van der Waals surface area (Å²) in [5, 5.41) is 3.42. The van der Waals surface area contributed by atoms with Crippen molar-refractivity contribution in [3.05, 3.63) is 24.3 Å². The molecule has 0 aromatic heterocycles. The SMILES string of the molecule is CNS(=O)(=O)c1ccc(NCC2CCCC(C)C2)cc1. The van der Waals surface area contributed by atoms with Crippen molar-refractivity contribution < 1.29 is 8.42 Å². The van der Waals surface area contributed by atoms with Gasteiger partial charge in [-0.15, -0.1) is 0 Å². The number of hydrogen-bond donors (Lipinski definition) is 2. The molecule has 4 nitrogen and oxygen atoms in total. The predicted octanol–water partition coefficient (Wildman–Crippen LogP) is 2.83. The van der Waals surface area contributed by atoms with Gasteiger partial charge in [0.2, 0.25) is 10.0 Å². The Balaban J connectivity index is 1.91. The van der Waals surface area contributed by atoms with Crippen LogP contribution < -0.4 is 10.0 Å². The molecule has 2 rings (SSSR count). The predicted molar refractivity (Wildman–Crippen MR) is 82.3 cm³/mol. The Morgan fingerprint density at radius 3 is 2.50 bits per heavy atom. The van der Waals surface area contributed by atoms with Crippen LogP contribution in [0.4, 0.5) is 5.69 Å². The number of hydrogen-bond acceptors (Lipinski definition) is 3. The van der Waals surface area contributed by atoms with Crippen LogP contribution in [0.2, 0.25) is 0 Å². The summed E-state index contributed by atoms with van der Waals surface area (Å²) in [6.07, 6.45) is 5.27. The van der Waals surface area contributed by atoms with Gasteiger partial charge < -0.3 is 5.32 Å². The van der Waals surface area contributed by atoms with Crippen molar-refractivity contribution in [1.29, 1.82) is 0 Å². The smallest absolute Gasteiger partial charge is 0.240 e. The van der Waals surface area contributed by atoms with E-state index in [0.717, 1.165) is 24.1 Å². The Hall–Kier alpha value is -1.07. The Labute approximate surface area is 122 Å². The highest BCUT2D eigenvalue weighted by atomic mass is 32.2. The first-order valence-electron chi connectivity index (χ1n) is 7.29. The molecule has 2 N–H and O–H groups in total. The Bertz CT molecular complexity index is 525. The molecule has 0 saturated heterocycles. The van der Waals surface area contributed by atoms with Gasteiger partial charge >= 0.3 is 0 Å². The van der Waals surface area contributed by atoms with Crippen molar-refractivity contribution in [3.8, 4) is 0 Å². The van der Waals surface area contributed by atoms with Crippen LogP contribution in [0.5, 0.6) is 0 Å². The average Bonchev–Trinajstić information content (AvgIpc) is 2.46. The van der Waals surface area contributed by atoms with E-state index in [4.69, 9.17) is 0 Å². The first kappa shape index (κ1) is 15.3. The topological polar surface area (TPSA) is 58.2 Å². The molecule has 5 heteroatoms. The van der Waals surface area contributed by atoms with Crippen LogP contribution in [0.3, 0.4) is 0 Å². The van der Waals surface area contributed by atoms with E-state index in [0.29, 0.717) is 4.90 Å². The largest absolute Gasteiger partial charge is 0.385 e. The molecular weight excluding hydrogens is 272 g/mol. The van der Waals surface area contributed by atoms with Gasteiger partial charge in [-0.05, 0) is 56.0 Å². The molecule has 20 heavy (non-hydrogen) atoms. The van der Waals surface area contributed by atoms with Crippen molar-refractivity contribution in [1.82, 2.24) is 4.72 Å². The summed E-state index contributed by atoms with van der Waals surface area (Å²) in [6, 6.07) is 6.93. The molecule has 1 aromatic carbocycles. The zero-order valence-electron chi connectivity index (χ0n) is 12.2. The molecule has 0 spiro atoms. The van der Waals surface area contributed by atoms with E-state index in [1.54, 1.807) is 12.1 Å². The fourth-order valence-corrected chi connectivity index (χ4v) is 3.61. The second-order valence-corrected chi connectivity index (χ2v) is 7.64. The normalized spacial score (nSPS) is 23.5. The van der Waals surface area contributed by atoms with Crippen LogP contribution in [0.15, 0.2) is 29.2 Å². The number of sulfonamides is 1. The van der Waals surface area contributed by atoms with Crippen LogP contribution in [-0.4, -0.2) is 22.0 Å². The van der Waals surface area contributed by atoms with Crippen molar-refractivity contribution in [3.63, 3.8) is 0 Å². The molecule has 0 radical (unpaired) electrons. The van der Waals surface area contributed by atoms with Crippen LogP contribution in [-0.2, 0) is 10.0 Å². The molecule has 1 aliphatic carbocycles. The lowest BCUT2D eigenvalue weighted by molar-refractivity contribution is 0.293. The molecule has 1 saturated carbocycles. The number of nitrogens with one attached hydrogen (secondary N) is 2. The fourth-order valence-electron chi connectivity index (χ4n) is 2.88. The molecule has 2 unspecified atom stereocenters. The van der Waals surface area contributed by atoms with E-state index in [2.05, 4.69) is 17.0 Å². The van der Waals surface area contributed by atoms with Gasteiger partial charge in [-0.2, -0.15) is 0 Å². The van der Waals surface area contributed by atoms with Gasteiger partial charge in [0.15, 0.2) is 0 Å². The number of benzene rings is 1. The standard InChI is InChI=1S/C15H24N2O2S/c1-12-4-3-5-13(10-12)11-17-14-6-8-15(9-7-14)20(18,19)16-2/h6-9,12-13,16-17H,3-5,10-11H2,1-2H3. The number of anilines is 1. The monoisotopic (exact) mass is 296 g/mol. The summed E-state index contributed by atoms with van der Waals surface area (Å²) in [6.45, 7) is 3.30. The highest BCUT2D eigenvalue weighted by Gasteiger charge is 2.18. The highest BCUT2D eigenvalue weighted by molar-refractivity contribution is 7.89. The van der Waals surface area contributed by atoms with Crippen molar-refractivity contribution in [2.45, 2.75) is 37.5 Å². The maximum Gasteiger partial charge on any atom is 0.240 e. The molecule has 2 atom stereocenters. The zero-order valence-corrected chi connectivity index (χ0v) is 13.0. The van der Waals surface area contributed by atoms with Gasteiger partial charge in [0.05, 0.1) is 4.90 Å². The fraction of sp³-hybridized carbons (Fsp3) is 0.600. The maximum absolute atomic E-state index is 11.6. The lowest BCUT2D eigenvalue weighted by Crippen LogP contribution is -2.21. The van der Waals surface area contributed by atoms with Gasteiger partial charge in [-0.3, -0.25) is 0 Å². The number of rotatable bonds is 5. The molecule has 0 aliphatic heterocycles. The minimum absolute atomic E-state index is 0.303. The lowest BCUT2D eigenvalue weighted by Gasteiger charge is -2.27. The van der Waals surface area contributed by atoms with Crippen LogP contribution in [0, 0.1) is 11.8 Å². The summed E-state index contributed by atoms with van der Waals surface area (Å²) in [4.78, 5) is 0.303. The van der Waals surface area contributed by atoms with Gasteiger partial charge in [-0.25, -0.2) is 13.1 Å². The quantitative estimate of drug-likeness (QED) is 0.878. The summed E-state index contributed by atoms with van der Waals surface area (Å²) >= 11 is 0. The van der Waals surface area contributed by atoms with E-state index in [9.17, 15) is 8.42 Å². The summed E-state index contributed by atoms with van der Waals surface area (Å²) in [7, 11) is -1.91. The Morgan fingerprint density at radius 1 is 1.20 bits per heavy atom. The maximum atomic E-state index is 11.6. The second-order valence-electron chi connectivity index (χ2n) is 5.75. The third-order valence-electron chi connectivity index (χ3n) is 4.07. The molecule has 0 heterocycles. The third kappa shape index (κ3) is 3.96. The minimum Gasteiger partial charge on any atom is -0.385 e. The first-order valence-corrected chi connectivity index (χ1v) is 8.77. The van der Waals surface area contributed by atoms with Gasteiger partial charge in [0.25, 0.3) is 0 Å². The molecular formula is C15H24N2O2S. The van der Waals surface area contributed by atoms with Gasteiger partial charge in [0, 0.05) is 12.2 Å². The third-order valence-corrected chi connectivity index (χ3v) is 5.50. The van der Waals surface area contributed by atoms with Gasteiger partial charge in [0.1, 0.15) is 0 Å². The van der Waals surface area contributed by atoms with E-state index in [-0.39, 0.29) is 0 Å². The van der Waals surface area contributed by atoms with Crippen molar-refractivity contribution >= 4 is 15.7 Å². The second kappa shape index (κ2) is 6.59. The zero-order chi connectivity index (χ0) is 14.6. The average molecular weight is 296 g/mol. The molecule has 1 fully saturated rings. The Morgan fingerprint density at radius 2 is 1.90 bits per heavy atom. The summed E-state index contributed by atoms with van der Waals surface area (Å²) in [5.74, 6) is 1.57. The van der Waals surface area contributed by atoms with Crippen LogP contribution >= 0.6 is 0 Å². The van der Waals surface area contributed by atoms with E-state index >= 15 is 0 Å². The van der Waals surface area contributed by atoms with Crippen molar-refractivity contribution in [2.75, 3.05) is 18.9 Å². The molecule has 1 aliphatic rings. The molecule has 1 aromatic rings. The van der Waals surface area contributed by atoms with E-state index in [1.807, 2.05) is 12.1 Å². The first-order chi connectivity index (χ1) is 9.51. The molecule has 0 amide bonds. The molecule has 0 bridgehead atoms. The van der Waals surface area contributed by atoms with Crippen LogP contribution in [0.25, 0.3) is 0 Å².